The first kappa shape index (κ1) is 21.5. The summed E-state index contributed by atoms with van der Waals surface area (Å²) in [4.78, 5) is 33.3. The molecule has 3 aromatic rings. The van der Waals surface area contributed by atoms with Gasteiger partial charge >= 0.3 is 5.97 Å². The minimum Gasteiger partial charge on any atom is -0.497 e. The van der Waals surface area contributed by atoms with Gasteiger partial charge in [-0.25, -0.2) is 9.78 Å². The van der Waals surface area contributed by atoms with Crippen LogP contribution in [0.5, 0.6) is 23.0 Å². The first-order valence-electron chi connectivity index (χ1n) is 9.16. The highest BCUT2D eigenvalue weighted by Crippen LogP contribution is 2.35. The zero-order valence-electron chi connectivity index (χ0n) is 17.2. The average molecular weight is 420 g/mol. The second kappa shape index (κ2) is 10.0. The van der Waals surface area contributed by atoms with Gasteiger partial charge in [-0.05, 0) is 23.8 Å². The van der Waals surface area contributed by atoms with Gasteiger partial charge in [0, 0.05) is 24.5 Å². The molecule has 0 saturated heterocycles. The highest BCUT2D eigenvalue weighted by Gasteiger charge is 2.22. The number of hydrogen-bond donors (Lipinski definition) is 0. The summed E-state index contributed by atoms with van der Waals surface area (Å²) in [6.07, 6.45) is 7.08. The molecule has 8 nitrogen and oxygen atoms in total. The molecule has 3 rings (SSSR count). The van der Waals surface area contributed by atoms with Gasteiger partial charge in [-0.3, -0.25) is 9.78 Å². The van der Waals surface area contributed by atoms with E-state index in [0.29, 0.717) is 11.5 Å². The number of hydrogen-bond acceptors (Lipinski definition) is 8. The van der Waals surface area contributed by atoms with Crippen LogP contribution in [0.4, 0.5) is 0 Å². The molecule has 0 amide bonds. The van der Waals surface area contributed by atoms with Crippen LogP contribution in [0.15, 0.2) is 61.1 Å². The summed E-state index contributed by atoms with van der Waals surface area (Å²) >= 11 is 0. The second-order valence-corrected chi connectivity index (χ2v) is 6.15. The van der Waals surface area contributed by atoms with E-state index in [1.807, 2.05) is 12.1 Å². The van der Waals surface area contributed by atoms with Crippen molar-refractivity contribution in [1.82, 2.24) is 9.97 Å². The molecule has 8 heteroatoms. The van der Waals surface area contributed by atoms with Crippen molar-refractivity contribution in [3.63, 3.8) is 0 Å². The Morgan fingerprint density at radius 1 is 0.871 bits per heavy atom. The normalized spacial score (nSPS) is 10.5. The summed E-state index contributed by atoms with van der Waals surface area (Å²) in [7, 11) is 4.44. The Hall–Kier alpha value is -4.20. The third-order valence-electron chi connectivity index (χ3n) is 4.26. The van der Waals surface area contributed by atoms with E-state index >= 15 is 0 Å². The van der Waals surface area contributed by atoms with Gasteiger partial charge in [-0.1, -0.05) is 18.2 Å². The standard InChI is InChI=1S/C23H20N2O6/c1-28-16-7-4-15(5-8-16)6-9-19(26)22-20(30-3)12-17(29-2)13-21(22)31-23(27)18-14-24-10-11-25-18/h4-14H,1-3H3/b9-6+. The van der Waals surface area contributed by atoms with E-state index in [4.69, 9.17) is 18.9 Å². The molecule has 0 radical (unpaired) electrons. The van der Waals surface area contributed by atoms with E-state index in [0.717, 1.165) is 5.56 Å². The van der Waals surface area contributed by atoms with Gasteiger partial charge in [0.25, 0.3) is 0 Å². The Morgan fingerprint density at radius 3 is 2.19 bits per heavy atom. The number of ketones is 1. The average Bonchev–Trinajstić information content (AvgIpc) is 2.82. The Labute approximate surface area is 179 Å². The lowest BCUT2D eigenvalue weighted by atomic mass is 10.1. The van der Waals surface area contributed by atoms with Gasteiger partial charge in [0.05, 0.1) is 27.5 Å². The highest BCUT2D eigenvalue weighted by atomic mass is 16.5. The van der Waals surface area contributed by atoms with E-state index in [9.17, 15) is 9.59 Å². The molecule has 0 spiro atoms. The number of carbonyl (C=O) groups is 2. The lowest BCUT2D eigenvalue weighted by molar-refractivity contribution is 0.0725. The minimum atomic E-state index is -0.767. The van der Waals surface area contributed by atoms with Crippen molar-refractivity contribution in [3.8, 4) is 23.0 Å². The van der Waals surface area contributed by atoms with Crippen LogP contribution in [0.3, 0.4) is 0 Å². The van der Waals surface area contributed by atoms with Crippen LogP contribution in [-0.2, 0) is 0 Å². The van der Waals surface area contributed by atoms with Gasteiger partial charge in [0.15, 0.2) is 11.5 Å². The maximum atomic E-state index is 13.0. The zero-order chi connectivity index (χ0) is 22.2. The smallest absolute Gasteiger partial charge is 0.363 e. The van der Waals surface area contributed by atoms with Gasteiger partial charge in [-0.15, -0.1) is 0 Å². The molecule has 0 N–H and O–H groups in total. The topological polar surface area (TPSA) is 96.8 Å². The van der Waals surface area contributed by atoms with E-state index in [1.165, 1.54) is 51.0 Å². The van der Waals surface area contributed by atoms with E-state index in [-0.39, 0.29) is 22.8 Å². The highest BCUT2D eigenvalue weighted by molar-refractivity contribution is 6.11. The molecular formula is C23H20N2O6. The summed E-state index contributed by atoms with van der Waals surface area (Å²) < 4.78 is 21.2. The predicted octanol–water partition coefficient (Wildman–Crippen LogP) is 3.62. The monoisotopic (exact) mass is 420 g/mol. The molecule has 1 aromatic heterocycles. The van der Waals surface area contributed by atoms with Crippen LogP contribution in [0.1, 0.15) is 26.4 Å². The molecule has 1 heterocycles. The Kier molecular flexibility index (Phi) is 6.95. The van der Waals surface area contributed by atoms with Crippen molar-refractivity contribution >= 4 is 17.8 Å². The number of methoxy groups -OCH3 is 3. The molecule has 0 unspecified atom stereocenters. The number of rotatable bonds is 8. The number of nitrogens with zero attached hydrogens (tertiary/aromatic N) is 2. The van der Waals surface area contributed by atoms with Gasteiger partial charge in [-0.2, -0.15) is 0 Å². The molecule has 0 aliphatic heterocycles. The zero-order valence-corrected chi connectivity index (χ0v) is 17.2. The van der Waals surface area contributed by atoms with E-state index in [2.05, 4.69) is 9.97 Å². The molecule has 0 atom stereocenters. The number of allylic oxidation sites excluding steroid dienone is 1. The number of carbonyl (C=O) groups excluding carboxylic acids is 2. The number of esters is 1. The maximum absolute atomic E-state index is 13.0. The predicted molar refractivity (Wildman–Crippen MR) is 113 cm³/mol. The lowest BCUT2D eigenvalue weighted by Gasteiger charge is -2.14. The van der Waals surface area contributed by atoms with E-state index in [1.54, 1.807) is 25.3 Å². The molecule has 0 aliphatic carbocycles. The number of ether oxygens (including phenoxy) is 4. The lowest BCUT2D eigenvalue weighted by Crippen LogP contribution is -2.13. The summed E-state index contributed by atoms with van der Waals surface area (Å²) in [6, 6.07) is 10.2. The largest absolute Gasteiger partial charge is 0.497 e. The van der Waals surface area contributed by atoms with Crippen molar-refractivity contribution in [3.05, 3.63) is 77.9 Å². The second-order valence-electron chi connectivity index (χ2n) is 6.15. The first-order chi connectivity index (χ1) is 15.0. The molecule has 0 bridgehead atoms. The Balaban J connectivity index is 1.95. The summed E-state index contributed by atoms with van der Waals surface area (Å²) in [5, 5.41) is 0. The third kappa shape index (κ3) is 5.24. The molecule has 158 valence electrons. The number of benzene rings is 2. The molecular weight excluding hydrogens is 400 g/mol. The first-order valence-corrected chi connectivity index (χ1v) is 9.16. The molecule has 31 heavy (non-hydrogen) atoms. The molecule has 0 fully saturated rings. The Bertz CT molecular complexity index is 1100. The van der Waals surface area contributed by atoms with Crippen molar-refractivity contribution in [2.24, 2.45) is 0 Å². The fourth-order valence-electron chi connectivity index (χ4n) is 2.69. The van der Waals surface area contributed by atoms with Crippen LogP contribution in [0, 0.1) is 0 Å². The molecule has 0 aliphatic rings. The fourth-order valence-corrected chi connectivity index (χ4v) is 2.69. The fraction of sp³-hybridized carbons (Fsp3) is 0.130. The van der Waals surface area contributed by atoms with Gasteiger partial charge < -0.3 is 18.9 Å². The quantitative estimate of drug-likeness (QED) is 0.236. The van der Waals surface area contributed by atoms with Crippen LogP contribution < -0.4 is 18.9 Å². The summed E-state index contributed by atoms with van der Waals surface area (Å²) in [5.41, 5.74) is 0.862. The number of aromatic nitrogens is 2. The van der Waals surface area contributed by atoms with Gasteiger partial charge in [0.1, 0.15) is 28.6 Å². The maximum Gasteiger partial charge on any atom is 0.363 e. The molecule has 0 saturated carbocycles. The van der Waals surface area contributed by atoms with Gasteiger partial charge in [0.2, 0.25) is 0 Å². The SMILES string of the molecule is COc1ccc(/C=C/C(=O)c2c(OC)cc(OC)cc2OC(=O)c2cnccn2)cc1. The van der Waals surface area contributed by atoms with Crippen LogP contribution in [0.2, 0.25) is 0 Å². The van der Waals surface area contributed by atoms with Crippen LogP contribution >= 0.6 is 0 Å². The molecule has 2 aromatic carbocycles. The summed E-state index contributed by atoms with van der Waals surface area (Å²) in [6.45, 7) is 0. The third-order valence-corrected chi connectivity index (χ3v) is 4.26. The van der Waals surface area contributed by atoms with Crippen molar-refractivity contribution in [2.75, 3.05) is 21.3 Å². The minimum absolute atomic E-state index is 0.00328. The van der Waals surface area contributed by atoms with Crippen molar-refractivity contribution in [1.29, 1.82) is 0 Å². The summed E-state index contributed by atoms with van der Waals surface area (Å²) in [5.74, 6) is 0.0590. The van der Waals surface area contributed by atoms with Crippen molar-refractivity contribution < 1.29 is 28.5 Å². The van der Waals surface area contributed by atoms with E-state index < -0.39 is 11.8 Å². The van der Waals surface area contributed by atoms with Crippen LogP contribution in [-0.4, -0.2) is 43.0 Å². The Morgan fingerprint density at radius 2 is 1.58 bits per heavy atom. The van der Waals surface area contributed by atoms with Crippen LogP contribution in [0.25, 0.3) is 6.08 Å². The van der Waals surface area contributed by atoms with Crippen molar-refractivity contribution in [2.45, 2.75) is 0 Å².